The molecule has 184 valence electrons. The lowest BCUT2D eigenvalue weighted by Gasteiger charge is -2.26. The van der Waals surface area contributed by atoms with Gasteiger partial charge in [-0.15, -0.1) is 0 Å². The molecule has 0 spiro atoms. The number of carbonyl (C=O) groups is 2. The van der Waals surface area contributed by atoms with Crippen LogP contribution in [-0.4, -0.2) is 43.4 Å². The van der Waals surface area contributed by atoms with Crippen LogP contribution >= 0.6 is 0 Å². The molecule has 1 saturated carbocycles. The predicted molar refractivity (Wildman–Crippen MR) is 117 cm³/mol. The third kappa shape index (κ3) is 7.16. The Hall–Kier alpha value is -2.16. The summed E-state index contributed by atoms with van der Waals surface area (Å²) in [6.07, 6.45) is 2.82. The fourth-order valence-corrected chi connectivity index (χ4v) is 5.01. The standard InChI is InChI=1S/C24H33F4N3O2/c1-14-9-18(25)17(19(26)10-14)7-8-29-23(32)21(12-22(27)28)31-24(33)20-11-16(13-30-20)15-5-3-2-4-6-15/h9-10,15-16,20-22,30H,2-8,11-13H2,1H3,(H,29,32)(H,31,33)/t16-,20?,21+/m1/s1. The van der Waals surface area contributed by atoms with Crippen LogP contribution in [0.2, 0.25) is 0 Å². The van der Waals surface area contributed by atoms with Crippen LogP contribution < -0.4 is 16.0 Å². The first kappa shape index (κ1) is 25.5. The maximum atomic E-state index is 14.0. The van der Waals surface area contributed by atoms with Gasteiger partial charge < -0.3 is 16.0 Å². The molecule has 1 aromatic rings. The minimum Gasteiger partial charge on any atom is -0.354 e. The predicted octanol–water partition coefficient (Wildman–Crippen LogP) is 3.63. The van der Waals surface area contributed by atoms with Gasteiger partial charge in [-0.2, -0.15) is 0 Å². The van der Waals surface area contributed by atoms with E-state index in [0.717, 1.165) is 12.8 Å². The second-order valence-electron chi connectivity index (χ2n) is 9.29. The minimum absolute atomic E-state index is 0.133. The van der Waals surface area contributed by atoms with Gasteiger partial charge in [-0.05, 0) is 55.8 Å². The van der Waals surface area contributed by atoms with Crippen molar-refractivity contribution in [2.24, 2.45) is 11.8 Å². The van der Waals surface area contributed by atoms with Gasteiger partial charge in [-0.3, -0.25) is 9.59 Å². The molecule has 9 heteroatoms. The highest BCUT2D eigenvalue weighted by Gasteiger charge is 2.36. The molecule has 2 aliphatic rings. The van der Waals surface area contributed by atoms with Gasteiger partial charge in [0, 0.05) is 18.5 Å². The minimum atomic E-state index is -2.79. The van der Waals surface area contributed by atoms with Crippen LogP contribution in [-0.2, 0) is 16.0 Å². The molecular weight excluding hydrogens is 438 g/mol. The smallest absolute Gasteiger partial charge is 0.242 e. The molecule has 1 heterocycles. The number of rotatable bonds is 9. The van der Waals surface area contributed by atoms with Gasteiger partial charge in [-0.25, -0.2) is 17.6 Å². The van der Waals surface area contributed by atoms with Crippen molar-refractivity contribution in [2.75, 3.05) is 13.1 Å². The van der Waals surface area contributed by atoms with Crippen molar-refractivity contribution in [3.63, 3.8) is 0 Å². The number of hydrogen-bond acceptors (Lipinski definition) is 3. The summed E-state index contributed by atoms with van der Waals surface area (Å²) in [5.41, 5.74) is 0.253. The van der Waals surface area contributed by atoms with E-state index in [4.69, 9.17) is 0 Å². The summed E-state index contributed by atoms with van der Waals surface area (Å²) in [5, 5.41) is 8.04. The summed E-state index contributed by atoms with van der Waals surface area (Å²) in [6.45, 7) is 2.13. The number of amides is 2. The van der Waals surface area contributed by atoms with Crippen LogP contribution in [0.25, 0.3) is 0 Å². The van der Waals surface area contributed by atoms with Crippen LogP contribution in [0, 0.1) is 30.4 Å². The van der Waals surface area contributed by atoms with Gasteiger partial charge in [0.25, 0.3) is 0 Å². The van der Waals surface area contributed by atoms with E-state index in [-0.39, 0.29) is 18.5 Å². The van der Waals surface area contributed by atoms with Gasteiger partial charge in [-0.1, -0.05) is 32.1 Å². The third-order valence-electron chi connectivity index (χ3n) is 6.80. The fourth-order valence-electron chi connectivity index (χ4n) is 5.01. The van der Waals surface area contributed by atoms with E-state index in [1.54, 1.807) is 6.92 Å². The van der Waals surface area contributed by atoms with Crippen molar-refractivity contribution < 1.29 is 27.2 Å². The largest absolute Gasteiger partial charge is 0.354 e. The Bertz CT molecular complexity index is 807. The molecular formula is C24H33F4N3O2. The Labute approximate surface area is 192 Å². The molecule has 1 unspecified atom stereocenters. The summed E-state index contributed by atoms with van der Waals surface area (Å²) < 4.78 is 54.0. The summed E-state index contributed by atoms with van der Waals surface area (Å²) in [5.74, 6) is -1.75. The van der Waals surface area contributed by atoms with Crippen LogP contribution in [0.4, 0.5) is 17.6 Å². The molecule has 3 N–H and O–H groups in total. The summed E-state index contributed by atoms with van der Waals surface area (Å²) in [6, 6.07) is 0.450. The number of aryl methyl sites for hydroxylation is 1. The molecule has 1 aromatic carbocycles. The molecule has 0 bridgehead atoms. The zero-order valence-electron chi connectivity index (χ0n) is 18.9. The van der Waals surface area contributed by atoms with E-state index in [1.165, 1.54) is 31.4 Å². The summed E-state index contributed by atoms with van der Waals surface area (Å²) >= 11 is 0. The molecule has 3 atom stereocenters. The Morgan fingerprint density at radius 3 is 2.39 bits per heavy atom. The lowest BCUT2D eigenvalue weighted by molar-refractivity contribution is -0.130. The second kappa shape index (κ2) is 11.8. The number of hydrogen-bond donors (Lipinski definition) is 3. The van der Waals surface area contributed by atoms with Gasteiger partial charge in [0.1, 0.15) is 17.7 Å². The maximum Gasteiger partial charge on any atom is 0.242 e. The van der Waals surface area contributed by atoms with E-state index in [9.17, 15) is 27.2 Å². The zero-order chi connectivity index (χ0) is 24.0. The van der Waals surface area contributed by atoms with Gasteiger partial charge in [0.05, 0.1) is 6.04 Å². The first-order chi connectivity index (χ1) is 15.7. The first-order valence-electron chi connectivity index (χ1n) is 11.8. The van der Waals surface area contributed by atoms with E-state index in [1.807, 2.05) is 0 Å². The van der Waals surface area contributed by atoms with E-state index in [2.05, 4.69) is 16.0 Å². The average Bonchev–Trinajstić information content (AvgIpc) is 3.26. The van der Waals surface area contributed by atoms with E-state index in [0.29, 0.717) is 30.4 Å². The van der Waals surface area contributed by atoms with E-state index < -0.39 is 48.4 Å². The lowest BCUT2D eigenvalue weighted by atomic mass is 9.79. The van der Waals surface area contributed by atoms with Crippen molar-refractivity contribution in [3.8, 4) is 0 Å². The Morgan fingerprint density at radius 1 is 1.09 bits per heavy atom. The zero-order valence-corrected chi connectivity index (χ0v) is 18.9. The first-order valence-corrected chi connectivity index (χ1v) is 11.8. The normalized spacial score (nSPS) is 22.4. The molecule has 1 aliphatic heterocycles. The molecule has 1 aliphatic carbocycles. The van der Waals surface area contributed by atoms with Crippen molar-refractivity contribution in [3.05, 3.63) is 34.9 Å². The Morgan fingerprint density at radius 2 is 1.76 bits per heavy atom. The quantitative estimate of drug-likeness (QED) is 0.482. The van der Waals surface area contributed by atoms with Crippen LogP contribution in [0.1, 0.15) is 56.1 Å². The topological polar surface area (TPSA) is 70.2 Å². The van der Waals surface area contributed by atoms with Crippen molar-refractivity contribution in [1.29, 1.82) is 0 Å². The average molecular weight is 472 g/mol. The van der Waals surface area contributed by atoms with Gasteiger partial charge >= 0.3 is 0 Å². The van der Waals surface area contributed by atoms with Crippen LogP contribution in [0.15, 0.2) is 12.1 Å². The Kier molecular flexibility index (Phi) is 9.11. The number of nitrogens with one attached hydrogen (secondary N) is 3. The highest BCUT2D eigenvalue weighted by Crippen LogP contribution is 2.34. The van der Waals surface area contributed by atoms with Crippen LogP contribution in [0.5, 0.6) is 0 Å². The highest BCUT2D eigenvalue weighted by atomic mass is 19.3. The monoisotopic (exact) mass is 471 g/mol. The molecule has 0 aromatic heterocycles. The van der Waals surface area contributed by atoms with Crippen molar-refractivity contribution in [2.45, 2.75) is 76.8 Å². The van der Waals surface area contributed by atoms with Crippen LogP contribution in [0.3, 0.4) is 0 Å². The van der Waals surface area contributed by atoms with Crippen molar-refractivity contribution >= 4 is 11.8 Å². The van der Waals surface area contributed by atoms with Gasteiger partial charge in [0.15, 0.2) is 0 Å². The second-order valence-corrected chi connectivity index (χ2v) is 9.29. The molecule has 0 radical (unpaired) electrons. The molecule has 1 saturated heterocycles. The lowest BCUT2D eigenvalue weighted by Crippen LogP contribution is -2.52. The number of benzene rings is 1. The molecule has 3 rings (SSSR count). The van der Waals surface area contributed by atoms with E-state index >= 15 is 0 Å². The number of halogens is 4. The van der Waals surface area contributed by atoms with Gasteiger partial charge in [0.2, 0.25) is 18.2 Å². The number of alkyl halides is 2. The fraction of sp³-hybridized carbons (Fsp3) is 0.667. The summed E-state index contributed by atoms with van der Waals surface area (Å²) in [4.78, 5) is 25.2. The SMILES string of the molecule is Cc1cc(F)c(CCNC(=O)[C@H](CC(F)F)NC(=O)C2C[C@@H](C3CCCCC3)CN2)c(F)c1. The van der Waals surface area contributed by atoms with Crippen molar-refractivity contribution in [1.82, 2.24) is 16.0 Å². The molecule has 2 fully saturated rings. The Balaban J connectivity index is 1.52. The third-order valence-corrected chi connectivity index (χ3v) is 6.80. The number of carbonyl (C=O) groups excluding carboxylic acids is 2. The molecule has 2 amide bonds. The maximum absolute atomic E-state index is 14.0. The molecule has 33 heavy (non-hydrogen) atoms. The summed E-state index contributed by atoms with van der Waals surface area (Å²) in [7, 11) is 0. The highest BCUT2D eigenvalue weighted by molar-refractivity contribution is 5.90. The molecule has 5 nitrogen and oxygen atoms in total.